The van der Waals surface area contributed by atoms with Crippen LogP contribution in [-0.2, 0) is 6.18 Å². The summed E-state index contributed by atoms with van der Waals surface area (Å²) in [6, 6.07) is 9.08. The molecule has 1 aliphatic heterocycles. The van der Waals surface area contributed by atoms with Crippen LogP contribution in [0.4, 0.5) is 24.5 Å². The second kappa shape index (κ2) is 6.40. The Balaban J connectivity index is 1.76. The van der Waals surface area contributed by atoms with Gasteiger partial charge < -0.3 is 9.80 Å². The van der Waals surface area contributed by atoms with E-state index >= 15 is 0 Å². The van der Waals surface area contributed by atoms with Crippen molar-refractivity contribution in [2.45, 2.75) is 6.18 Å². The molecule has 24 heavy (non-hydrogen) atoms. The van der Waals surface area contributed by atoms with Gasteiger partial charge in [0.2, 0.25) is 0 Å². The number of hydrogen-bond donors (Lipinski definition) is 0. The minimum absolute atomic E-state index is 0.0576. The molecule has 0 unspecified atom stereocenters. The molecule has 4 nitrogen and oxygen atoms in total. The smallest absolute Gasteiger partial charge is 0.368 e. The van der Waals surface area contributed by atoms with Gasteiger partial charge in [0.1, 0.15) is 6.07 Å². The van der Waals surface area contributed by atoms with Gasteiger partial charge in [-0.3, -0.25) is 4.98 Å². The molecule has 1 saturated heterocycles. The van der Waals surface area contributed by atoms with Gasteiger partial charge in [0, 0.05) is 44.3 Å². The number of rotatable bonds is 2. The Morgan fingerprint density at radius 1 is 0.958 bits per heavy atom. The average Bonchev–Trinajstić information content (AvgIpc) is 2.61. The Hall–Kier alpha value is -2.75. The summed E-state index contributed by atoms with van der Waals surface area (Å²) in [5.41, 5.74) is 0.887. The van der Waals surface area contributed by atoms with Crippen LogP contribution in [0.3, 0.4) is 0 Å². The van der Waals surface area contributed by atoms with Gasteiger partial charge in [-0.25, -0.2) is 0 Å². The first-order chi connectivity index (χ1) is 11.5. The van der Waals surface area contributed by atoms with E-state index in [4.69, 9.17) is 0 Å². The van der Waals surface area contributed by atoms with Crippen molar-refractivity contribution in [2.24, 2.45) is 0 Å². The molecule has 0 saturated carbocycles. The monoisotopic (exact) mass is 332 g/mol. The molecule has 0 bridgehead atoms. The first-order valence-electron chi connectivity index (χ1n) is 7.50. The third-order valence-electron chi connectivity index (χ3n) is 4.09. The lowest BCUT2D eigenvalue weighted by atomic mass is 10.1. The van der Waals surface area contributed by atoms with Crippen LogP contribution in [0.2, 0.25) is 0 Å². The van der Waals surface area contributed by atoms with E-state index < -0.39 is 11.7 Å². The van der Waals surface area contributed by atoms with E-state index in [1.54, 1.807) is 12.4 Å². The Morgan fingerprint density at radius 2 is 1.58 bits per heavy atom. The predicted octanol–water partition coefficient (Wildman–Crippen LogP) is 3.30. The van der Waals surface area contributed by atoms with Crippen LogP contribution >= 0.6 is 0 Å². The Morgan fingerprint density at radius 3 is 2.17 bits per heavy atom. The van der Waals surface area contributed by atoms with E-state index in [0.29, 0.717) is 18.8 Å². The molecular formula is C17H15F3N4. The van der Waals surface area contributed by atoms with Crippen molar-refractivity contribution in [3.63, 3.8) is 0 Å². The number of piperazine rings is 1. The van der Waals surface area contributed by atoms with Crippen LogP contribution in [0.1, 0.15) is 11.1 Å². The molecule has 0 atom stereocenters. The first kappa shape index (κ1) is 16.1. The number of pyridine rings is 1. The SMILES string of the molecule is N#Cc1cc(C(F)(F)F)ccc1N1CCN(c2ccncc2)CC1. The first-order valence-corrected chi connectivity index (χ1v) is 7.50. The summed E-state index contributed by atoms with van der Waals surface area (Å²) in [7, 11) is 0. The van der Waals surface area contributed by atoms with E-state index in [-0.39, 0.29) is 5.56 Å². The maximum atomic E-state index is 12.8. The molecule has 7 heteroatoms. The molecule has 1 fully saturated rings. The van der Waals surface area contributed by atoms with Gasteiger partial charge >= 0.3 is 6.18 Å². The van der Waals surface area contributed by atoms with Crippen molar-refractivity contribution in [3.8, 4) is 6.07 Å². The highest BCUT2D eigenvalue weighted by Gasteiger charge is 2.31. The fraction of sp³-hybridized carbons (Fsp3) is 0.294. The molecule has 1 aliphatic rings. The maximum absolute atomic E-state index is 12.8. The molecule has 0 radical (unpaired) electrons. The third-order valence-corrected chi connectivity index (χ3v) is 4.09. The Kier molecular flexibility index (Phi) is 4.30. The second-order valence-corrected chi connectivity index (χ2v) is 5.52. The van der Waals surface area contributed by atoms with Gasteiger partial charge in [0.25, 0.3) is 0 Å². The topological polar surface area (TPSA) is 43.2 Å². The highest BCUT2D eigenvalue weighted by atomic mass is 19.4. The standard InChI is InChI=1S/C17H15F3N4/c18-17(19,20)14-1-2-16(13(11-14)12-21)24-9-7-23(8-10-24)15-3-5-22-6-4-15/h1-6,11H,7-10H2. The number of hydrogen-bond acceptors (Lipinski definition) is 4. The Bertz CT molecular complexity index is 745. The van der Waals surface area contributed by atoms with Gasteiger partial charge in [-0.05, 0) is 30.3 Å². The molecule has 0 amide bonds. The van der Waals surface area contributed by atoms with Crippen molar-refractivity contribution in [2.75, 3.05) is 36.0 Å². The molecule has 2 aromatic rings. The normalized spacial score (nSPS) is 15.2. The predicted molar refractivity (Wildman–Crippen MR) is 84.8 cm³/mol. The van der Waals surface area contributed by atoms with Gasteiger partial charge in [-0.1, -0.05) is 0 Å². The number of halogens is 3. The van der Waals surface area contributed by atoms with Gasteiger partial charge in [0.15, 0.2) is 0 Å². The summed E-state index contributed by atoms with van der Waals surface area (Å²) in [5.74, 6) is 0. The lowest BCUT2D eigenvalue weighted by Crippen LogP contribution is -2.46. The van der Waals surface area contributed by atoms with Gasteiger partial charge in [-0.15, -0.1) is 0 Å². The zero-order valence-electron chi connectivity index (χ0n) is 12.8. The number of alkyl halides is 3. The molecule has 0 N–H and O–H groups in total. The fourth-order valence-corrected chi connectivity index (χ4v) is 2.84. The summed E-state index contributed by atoms with van der Waals surface area (Å²) < 4.78 is 38.3. The molecule has 2 heterocycles. The molecule has 124 valence electrons. The zero-order valence-corrected chi connectivity index (χ0v) is 12.8. The van der Waals surface area contributed by atoms with Gasteiger partial charge in [-0.2, -0.15) is 18.4 Å². The highest BCUT2D eigenvalue weighted by molar-refractivity contribution is 5.62. The minimum Gasteiger partial charge on any atom is -0.368 e. The van der Waals surface area contributed by atoms with Crippen LogP contribution in [0.5, 0.6) is 0 Å². The third kappa shape index (κ3) is 3.27. The maximum Gasteiger partial charge on any atom is 0.416 e. The van der Waals surface area contributed by atoms with Crippen LogP contribution < -0.4 is 9.80 Å². The molecule has 0 spiro atoms. The fourth-order valence-electron chi connectivity index (χ4n) is 2.84. The number of benzene rings is 1. The largest absolute Gasteiger partial charge is 0.416 e. The summed E-state index contributed by atoms with van der Waals surface area (Å²) in [6.45, 7) is 2.75. The lowest BCUT2D eigenvalue weighted by Gasteiger charge is -2.37. The van der Waals surface area contributed by atoms with Crippen LogP contribution in [0.15, 0.2) is 42.7 Å². The molecule has 1 aromatic heterocycles. The summed E-state index contributed by atoms with van der Waals surface area (Å²) in [5, 5.41) is 9.21. The van der Waals surface area contributed by atoms with Crippen molar-refractivity contribution in [1.82, 2.24) is 4.98 Å². The minimum atomic E-state index is -4.44. The summed E-state index contributed by atoms with van der Waals surface area (Å²) >= 11 is 0. The van der Waals surface area contributed by atoms with Crippen molar-refractivity contribution in [3.05, 3.63) is 53.9 Å². The van der Waals surface area contributed by atoms with E-state index in [2.05, 4.69) is 9.88 Å². The highest BCUT2D eigenvalue weighted by Crippen LogP contribution is 2.33. The molecule has 1 aromatic carbocycles. The number of anilines is 2. The summed E-state index contributed by atoms with van der Waals surface area (Å²) in [4.78, 5) is 8.13. The van der Waals surface area contributed by atoms with Crippen molar-refractivity contribution < 1.29 is 13.2 Å². The number of nitriles is 1. The van der Waals surface area contributed by atoms with E-state index in [1.165, 1.54) is 6.07 Å². The van der Waals surface area contributed by atoms with Crippen molar-refractivity contribution >= 4 is 11.4 Å². The van der Waals surface area contributed by atoms with E-state index in [9.17, 15) is 18.4 Å². The molecule has 0 aliphatic carbocycles. The van der Waals surface area contributed by atoms with Crippen LogP contribution in [0.25, 0.3) is 0 Å². The lowest BCUT2D eigenvalue weighted by molar-refractivity contribution is -0.137. The average molecular weight is 332 g/mol. The number of nitrogens with zero attached hydrogens (tertiary/aromatic N) is 4. The van der Waals surface area contributed by atoms with Crippen molar-refractivity contribution in [1.29, 1.82) is 5.26 Å². The molecule has 3 rings (SSSR count). The van der Waals surface area contributed by atoms with E-state index in [0.717, 1.165) is 30.9 Å². The number of aromatic nitrogens is 1. The molecular weight excluding hydrogens is 317 g/mol. The van der Waals surface area contributed by atoms with Gasteiger partial charge in [0.05, 0.1) is 16.8 Å². The summed E-state index contributed by atoms with van der Waals surface area (Å²) in [6.07, 6.45) is -0.985. The Labute approximate surface area is 137 Å². The quantitative estimate of drug-likeness (QED) is 0.846. The van der Waals surface area contributed by atoms with E-state index in [1.807, 2.05) is 23.1 Å². The zero-order chi connectivity index (χ0) is 17.2. The second-order valence-electron chi connectivity index (χ2n) is 5.52. The van der Waals surface area contributed by atoms with Crippen LogP contribution in [0, 0.1) is 11.3 Å². The van der Waals surface area contributed by atoms with Crippen LogP contribution in [-0.4, -0.2) is 31.2 Å².